The molecule has 0 saturated heterocycles. The molecule has 0 aliphatic carbocycles. The predicted molar refractivity (Wildman–Crippen MR) is 127 cm³/mol. The van der Waals surface area contributed by atoms with Crippen molar-refractivity contribution in [2.45, 2.75) is 24.9 Å². The molecule has 0 saturated carbocycles. The molecule has 28 heavy (non-hydrogen) atoms. The van der Waals surface area contributed by atoms with Gasteiger partial charge in [-0.1, -0.05) is 29.8 Å². The highest BCUT2D eigenvalue weighted by molar-refractivity contribution is 14.0. The van der Waals surface area contributed by atoms with Gasteiger partial charge in [-0.15, -0.1) is 35.7 Å². The van der Waals surface area contributed by atoms with Crippen LogP contribution in [0.3, 0.4) is 0 Å². The van der Waals surface area contributed by atoms with Crippen molar-refractivity contribution in [1.29, 1.82) is 0 Å². The van der Waals surface area contributed by atoms with E-state index in [1.165, 1.54) is 16.0 Å². The summed E-state index contributed by atoms with van der Waals surface area (Å²) >= 11 is 1.74. The van der Waals surface area contributed by atoms with Gasteiger partial charge in [0.2, 0.25) is 5.89 Å². The van der Waals surface area contributed by atoms with E-state index in [2.05, 4.69) is 70.2 Å². The zero-order valence-electron chi connectivity index (χ0n) is 16.2. The minimum Gasteiger partial charge on any atom is -0.444 e. The van der Waals surface area contributed by atoms with E-state index >= 15 is 0 Å². The predicted octanol–water partition coefficient (Wildman–Crippen LogP) is 4.86. The number of oxazole rings is 1. The van der Waals surface area contributed by atoms with Gasteiger partial charge in [0.15, 0.2) is 5.96 Å². The lowest BCUT2D eigenvalue weighted by Crippen LogP contribution is -2.36. The summed E-state index contributed by atoms with van der Waals surface area (Å²) in [6, 6.07) is 16.6. The monoisotopic (exact) mass is 508 g/mol. The average Bonchev–Trinajstić information content (AvgIpc) is 3.18. The van der Waals surface area contributed by atoms with Crippen molar-refractivity contribution in [2.75, 3.05) is 13.3 Å². The minimum atomic E-state index is 0. The number of benzene rings is 2. The molecule has 0 radical (unpaired) electrons. The third-order valence-corrected chi connectivity index (χ3v) is 4.87. The van der Waals surface area contributed by atoms with Gasteiger partial charge in [0.25, 0.3) is 0 Å². The first-order chi connectivity index (χ1) is 13.2. The van der Waals surface area contributed by atoms with Gasteiger partial charge in [-0.25, -0.2) is 4.98 Å². The number of aryl methyl sites for hydroxylation is 1. The van der Waals surface area contributed by atoms with Gasteiger partial charge in [0.05, 0.1) is 12.2 Å². The lowest BCUT2D eigenvalue weighted by Gasteiger charge is -2.11. The summed E-state index contributed by atoms with van der Waals surface area (Å²) in [5.41, 5.74) is 4.23. The van der Waals surface area contributed by atoms with Crippen molar-refractivity contribution < 1.29 is 4.42 Å². The standard InChI is InChI=1S/C21H24N4OS.HI/c1-15-4-8-17(9-5-15)20-25-18(14-26-20)13-24-21(22-2)23-12-16-6-10-19(27-3)11-7-16;/h4-11,14H,12-13H2,1-3H3,(H2,22,23,24);1H. The summed E-state index contributed by atoms with van der Waals surface area (Å²) in [7, 11) is 1.76. The van der Waals surface area contributed by atoms with Gasteiger partial charge in [-0.3, -0.25) is 4.99 Å². The molecular weight excluding hydrogens is 483 g/mol. The maximum Gasteiger partial charge on any atom is 0.226 e. The molecule has 1 aromatic heterocycles. The molecule has 1 heterocycles. The number of hydrogen-bond donors (Lipinski definition) is 2. The van der Waals surface area contributed by atoms with Gasteiger partial charge in [0.1, 0.15) is 6.26 Å². The van der Waals surface area contributed by atoms with Crippen molar-refractivity contribution in [1.82, 2.24) is 15.6 Å². The highest BCUT2D eigenvalue weighted by atomic mass is 127. The molecule has 3 aromatic rings. The van der Waals surface area contributed by atoms with Crippen LogP contribution in [0.25, 0.3) is 11.5 Å². The van der Waals surface area contributed by atoms with E-state index in [-0.39, 0.29) is 24.0 Å². The zero-order valence-corrected chi connectivity index (χ0v) is 19.4. The van der Waals surface area contributed by atoms with E-state index in [0.717, 1.165) is 17.2 Å². The first-order valence-electron chi connectivity index (χ1n) is 8.77. The van der Waals surface area contributed by atoms with Crippen LogP contribution < -0.4 is 10.6 Å². The minimum absolute atomic E-state index is 0. The van der Waals surface area contributed by atoms with Crippen LogP contribution in [0.1, 0.15) is 16.8 Å². The number of aromatic nitrogens is 1. The molecule has 0 spiro atoms. The number of hydrogen-bond acceptors (Lipinski definition) is 4. The number of halogens is 1. The molecular formula is C21H25IN4OS. The van der Waals surface area contributed by atoms with Crippen molar-refractivity contribution >= 4 is 41.7 Å². The average molecular weight is 508 g/mol. The molecule has 3 rings (SSSR count). The van der Waals surface area contributed by atoms with Crippen LogP contribution in [0.4, 0.5) is 0 Å². The fourth-order valence-corrected chi connectivity index (χ4v) is 2.95. The van der Waals surface area contributed by atoms with E-state index in [1.54, 1.807) is 25.1 Å². The third-order valence-electron chi connectivity index (χ3n) is 4.13. The molecule has 0 bridgehead atoms. The van der Waals surface area contributed by atoms with Crippen LogP contribution in [0.5, 0.6) is 0 Å². The molecule has 0 aliphatic rings. The number of guanidine groups is 1. The van der Waals surface area contributed by atoms with Gasteiger partial charge >= 0.3 is 0 Å². The Morgan fingerprint density at radius 3 is 2.36 bits per heavy atom. The number of nitrogens with zero attached hydrogens (tertiary/aromatic N) is 2. The summed E-state index contributed by atoms with van der Waals surface area (Å²) in [5.74, 6) is 1.35. The Morgan fingerprint density at radius 1 is 1.04 bits per heavy atom. The molecule has 148 valence electrons. The number of nitrogens with one attached hydrogen (secondary N) is 2. The quantitative estimate of drug-likeness (QED) is 0.216. The van der Waals surface area contributed by atoms with Crippen molar-refractivity contribution in [3.8, 4) is 11.5 Å². The van der Waals surface area contributed by atoms with Crippen LogP contribution in [0.2, 0.25) is 0 Å². The number of aliphatic imine (C=N–C) groups is 1. The molecule has 0 atom stereocenters. The van der Waals surface area contributed by atoms with E-state index in [1.807, 2.05) is 12.1 Å². The molecule has 0 aliphatic heterocycles. The Labute approximate surface area is 187 Å². The fraction of sp³-hybridized carbons (Fsp3) is 0.238. The second-order valence-electron chi connectivity index (χ2n) is 6.14. The van der Waals surface area contributed by atoms with Gasteiger partial charge in [0, 0.05) is 24.1 Å². The summed E-state index contributed by atoms with van der Waals surface area (Å²) in [6.07, 6.45) is 3.75. The molecule has 2 N–H and O–H groups in total. The van der Waals surface area contributed by atoms with Crippen molar-refractivity contribution in [3.63, 3.8) is 0 Å². The summed E-state index contributed by atoms with van der Waals surface area (Å²) in [4.78, 5) is 10.1. The van der Waals surface area contributed by atoms with Crippen LogP contribution >= 0.6 is 35.7 Å². The normalized spacial score (nSPS) is 11.0. The van der Waals surface area contributed by atoms with E-state index in [4.69, 9.17) is 4.42 Å². The Morgan fingerprint density at radius 2 is 1.71 bits per heavy atom. The topological polar surface area (TPSA) is 62.5 Å². The molecule has 0 fully saturated rings. The summed E-state index contributed by atoms with van der Waals surface area (Å²) in [6.45, 7) is 3.31. The van der Waals surface area contributed by atoms with Gasteiger partial charge < -0.3 is 15.1 Å². The second-order valence-corrected chi connectivity index (χ2v) is 7.02. The van der Waals surface area contributed by atoms with E-state index in [9.17, 15) is 0 Å². The molecule has 0 unspecified atom stereocenters. The Kier molecular flexibility index (Phi) is 8.85. The lowest BCUT2D eigenvalue weighted by atomic mass is 10.1. The highest BCUT2D eigenvalue weighted by Crippen LogP contribution is 2.19. The highest BCUT2D eigenvalue weighted by Gasteiger charge is 2.07. The SMILES string of the molecule is CN=C(NCc1ccc(SC)cc1)NCc1coc(-c2ccc(C)cc2)n1.I. The van der Waals surface area contributed by atoms with Crippen LogP contribution in [0.15, 0.2) is 69.1 Å². The fourth-order valence-electron chi connectivity index (χ4n) is 2.54. The van der Waals surface area contributed by atoms with Crippen LogP contribution in [-0.2, 0) is 13.1 Å². The molecule has 5 nitrogen and oxygen atoms in total. The Balaban J connectivity index is 0.00000280. The zero-order chi connectivity index (χ0) is 19.1. The number of thioether (sulfide) groups is 1. The molecule has 0 amide bonds. The largest absolute Gasteiger partial charge is 0.444 e. The summed E-state index contributed by atoms with van der Waals surface area (Å²) in [5, 5.41) is 6.58. The van der Waals surface area contributed by atoms with Gasteiger partial charge in [-0.2, -0.15) is 0 Å². The molecule has 7 heteroatoms. The van der Waals surface area contributed by atoms with E-state index < -0.39 is 0 Å². The smallest absolute Gasteiger partial charge is 0.226 e. The van der Waals surface area contributed by atoms with Gasteiger partial charge in [-0.05, 0) is 43.0 Å². The first kappa shape index (κ1) is 22.3. The number of rotatable bonds is 6. The van der Waals surface area contributed by atoms with Crippen molar-refractivity contribution in [3.05, 3.63) is 71.6 Å². The van der Waals surface area contributed by atoms with Crippen LogP contribution in [0, 0.1) is 6.92 Å². The maximum absolute atomic E-state index is 5.59. The van der Waals surface area contributed by atoms with E-state index in [0.29, 0.717) is 19.0 Å². The maximum atomic E-state index is 5.59. The Bertz CT molecular complexity index is 892. The third kappa shape index (κ3) is 6.27. The Hall–Kier alpha value is -2.00. The van der Waals surface area contributed by atoms with Crippen molar-refractivity contribution in [2.24, 2.45) is 4.99 Å². The van der Waals surface area contributed by atoms with Crippen LogP contribution in [-0.4, -0.2) is 24.2 Å². The second kappa shape index (κ2) is 11.1. The first-order valence-corrected chi connectivity index (χ1v) is 9.99. The summed E-state index contributed by atoms with van der Waals surface area (Å²) < 4.78 is 5.59. The lowest BCUT2D eigenvalue weighted by molar-refractivity contribution is 0.572. The molecule has 2 aromatic carbocycles.